The fraction of sp³-hybridized carbons (Fsp3) is 0.435. The Labute approximate surface area is 179 Å². The molecule has 0 fully saturated rings. The van der Waals surface area contributed by atoms with Gasteiger partial charge in [-0.1, -0.05) is 44.2 Å². The summed E-state index contributed by atoms with van der Waals surface area (Å²) in [5.41, 5.74) is 3.14. The third-order valence-corrected chi connectivity index (χ3v) is 7.81. The van der Waals surface area contributed by atoms with Crippen LogP contribution in [0.5, 0.6) is 0 Å². The molecule has 1 amide bonds. The number of nitrogens with zero attached hydrogens (tertiary/aromatic N) is 2. The average molecular weight is 430 g/mol. The molecular weight excluding hydrogens is 398 g/mol. The lowest BCUT2D eigenvalue weighted by molar-refractivity contribution is -0.120. The molecule has 0 aliphatic carbocycles. The van der Waals surface area contributed by atoms with E-state index in [1.165, 1.54) is 9.87 Å². The largest absolute Gasteiger partial charge is 0.310 e. The first-order valence-electron chi connectivity index (χ1n) is 10.5. The van der Waals surface area contributed by atoms with Gasteiger partial charge in [0, 0.05) is 31.4 Å². The highest BCUT2D eigenvalue weighted by molar-refractivity contribution is 7.89. The van der Waals surface area contributed by atoms with Crippen LogP contribution in [-0.2, 0) is 21.2 Å². The van der Waals surface area contributed by atoms with E-state index in [1.807, 2.05) is 62.9 Å². The van der Waals surface area contributed by atoms with Gasteiger partial charge in [0.25, 0.3) is 0 Å². The first-order valence-corrected chi connectivity index (χ1v) is 12.0. The molecule has 0 spiro atoms. The molecule has 7 heteroatoms. The molecule has 2 aromatic carbocycles. The molecule has 2 atom stereocenters. The maximum absolute atomic E-state index is 13.0. The number of rotatable bonds is 8. The smallest absolute Gasteiger partial charge is 0.243 e. The molecule has 6 nitrogen and oxygen atoms in total. The molecule has 30 heavy (non-hydrogen) atoms. The van der Waals surface area contributed by atoms with Gasteiger partial charge in [0.1, 0.15) is 0 Å². The van der Waals surface area contributed by atoms with E-state index in [1.54, 1.807) is 12.1 Å². The molecule has 1 aliphatic heterocycles. The van der Waals surface area contributed by atoms with Gasteiger partial charge < -0.3 is 4.90 Å². The van der Waals surface area contributed by atoms with E-state index in [2.05, 4.69) is 11.4 Å². The number of sulfonamides is 1. The third-order valence-electron chi connectivity index (χ3n) is 5.75. The van der Waals surface area contributed by atoms with Gasteiger partial charge in [0.2, 0.25) is 15.9 Å². The molecule has 0 saturated heterocycles. The van der Waals surface area contributed by atoms with Crippen molar-refractivity contribution in [2.75, 3.05) is 24.5 Å². The molecule has 0 radical (unpaired) electrons. The Balaban J connectivity index is 1.67. The Morgan fingerprint density at radius 2 is 1.70 bits per heavy atom. The predicted molar refractivity (Wildman–Crippen MR) is 120 cm³/mol. The monoisotopic (exact) mass is 429 g/mol. The van der Waals surface area contributed by atoms with Gasteiger partial charge >= 0.3 is 0 Å². The number of hydrogen-bond acceptors (Lipinski definition) is 4. The first-order chi connectivity index (χ1) is 14.3. The van der Waals surface area contributed by atoms with Gasteiger partial charge in [0.15, 0.2) is 0 Å². The molecule has 3 rings (SSSR count). The van der Waals surface area contributed by atoms with E-state index in [9.17, 15) is 13.2 Å². The van der Waals surface area contributed by atoms with E-state index >= 15 is 0 Å². The Bertz CT molecular complexity index is 985. The summed E-state index contributed by atoms with van der Waals surface area (Å²) in [6.45, 7) is 9.11. The van der Waals surface area contributed by atoms with Crippen LogP contribution >= 0.6 is 0 Å². The second-order valence-corrected chi connectivity index (χ2v) is 9.57. The maximum Gasteiger partial charge on any atom is 0.243 e. The zero-order valence-electron chi connectivity index (χ0n) is 18.1. The normalized spacial score (nSPS) is 15.8. The summed E-state index contributed by atoms with van der Waals surface area (Å²) in [4.78, 5) is 15.1. The number of fused-ring (bicyclic) bond motifs is 1. The van der Waals surface area contributed by atoms with Crippen LogP contribution in [0.25, 0.3) is 0 Å². The summed E-state index contributed by atoms with van der Waals surface area (Å²) < 4.78 is 26.7. The van der Waals surface area contributed by atoms with E-state index in [4.69, 9.17) is 0 Å². The first kappa shape index (κ1) is 22.5. The van der Waals surface area contributed by atoms with Crippen LogP contribution in [0.4, 0.5) is 5.69 Å². The number of para-hydroxylation sites is 1. The Hall–Kier alpha value is -2.22. The van der Waals surface area contributed by atoms with Gasteiger partial charge in [-0.25, -0.2) is 8.42 Å². The summed E-state index contributed by atoms with van der Waals surface area (Å²) in [5, 5.41) is 3.36. The van der Waals surface area contributed by atoms with Crippen molar-refractivity contribution in [3.05, 3.63) is 59.7 Å². The van der Waals surface area contributed by atoms with Gasteiger partial charge in [0.05, 0.1) is 10.9 Å². The lowest BCUT2D eigenvalue weighted by Crippen LogP contribution is -2.45. The molecule has 162 valence electrons. The van der Waals surface area contributed by atoms with Crippen molar-refractivity contribution in [1.82, 2.24) is 9.62 Å². The number of amides is 1. The minimum Gasteiger partial charge on any atom is -0.310 e. The van der Waals surface area contributed by atoms with Gasteiger partial charge in [-0.2, -0.15) is 4.31 Å². The Morgan fingerprint density at radius 3 is 2.33 bits per heavy atom. The lowest BCUT2D eigenvalue weighted by Gasteiger charge is -2.25. The second kappa shape index (κ2) is 9.29. The zero-order chi connectivity index (χ0) is 21.9. The summed E-state index contributed by atoms with van der Waals surface area (Å²) in [7, 11) is -3.47. The van der Waals surface area contributed by atoms with Crippen molar-refractivity contribution in [3.63, 3.8) is 0 Å². The van der Waals surface area contributed by atoms with Crippen molar-refractivity contribution in [3.8, 4) is 0 Å². The second-order valence-electron chi connectivity index (χ2n) is 7.64. The number of carbonyl (C=O) groups is 1. The minimum atomic E-state index is -3.47. The van der Waals surface area contributed by atoms with Crippen LogP contribution in [0.15, 0.2) is 53.4 Å². The molecular formula is C23H31N3O3S. The summed E-state index contributed by atoms with van der Waals surface area (Å²) in [6.07, 6.45) is 0.882. The average Bonchev–Trinajstić information content (AvgIpc) is 3.18. The number of benzene rings is 2. The summed E-state index contributed by atoms with van der Waals surface area (Å²) >= 11 is 0. The molecule has 0 aromatic heterocycles. The Morgan fingerprint density at radius 1 is 1.07 bits per heavy atom. The SMILES string of the molecule is CCN(CC)S(=O)(=O)c1ccc([C@@H](C)N[C@H](C)C(=O)N2CCc3ccccc32)cc1. The Kier molecular flexibility index (Phi) is 6.95. The highest BCUT2D eigenvalue weighted by Gasteiger charge is 2.28. The van der Waals surface area contributed by atoms with Crippen molar-refractivity contribution in [2.24, 2.45) is 0 Å². The number of anilines is 1. The molecule has 1 aliphatic rings. The van der Waals surface area contributed by atoms with Crippen molar-refractivity contribution >= 4 is 21.6 Å². The quantitative estimate of drug-likeness (QED) is 0.699. The van der Waals surface area contributed by atoms with E-state index < -0.39 is 10.0 Å². The van der Waals surface area contributed by atoms with Gasteiger partial charge in [-0.3, -0.25) is 10.1 Å². The molecule has 0 bridgehead atoms. The minimum absolute atomic E-state index is 0.0486. The zero-order valence-corrected chi connectivity index (χ0v) is 18.9. The number of carbonyl (C=O) groups excluding carboxylic acids is 1. The molecule has 1 heterocycles. The summed E-state index contributed by atoms with van der Waals surface area (Å²) in [5.74, 6) is 0.0486. The number of nitrogens with one attached hydrogen (secondary N) is 1. The third kappa shape index (κ3) is 4.43. The maximum atomic E-state index is 13.0. The molecule has 0 saturated carbocycles. The van der Waals surface area contributed by atoms with Crippen LogP contribution in [-0.4, -0.2) is 44.3 Å². The standard InChI is InChI=1S/C23H31N3O3S/c1-5-25(6-2)30(28,29)21-13-11-19(12-14-21)17(3)24-18(4)23(27)26-16-15-20-9-7-8-10-22(20)26/h7-14,17-18,24H,5-6,15-16H2,1-4H3/t17-,18-/m1/s1. The lowest BCUT2D eigenvalue weighted by atomic mass is 10.1. The van der Waals surface area contributed by atoms with Crippen molar-refractivity contribution in [2.45, 2.75) is 51.1 Å². The molecule has 2 aromatic rings. The van der Waals surface area contributed by atoms with E-state index in [0.717, 1.165) is 17.7 Å². The molecule has 0 unspecified atom stereocenters. The van der Waals surface area contributed by atoms with Crippen molar-refractivity contribution < 1.29 is 13.2 Å². The topological polar surface area (TPSA) is 69.7 Å². The van der Waals surface area contributed by atoms with Gasteiger partial charge in [-0.15, -0.1) is 0 Å². The molecule has 1 N–H and O–H groups in total. The predicted octanol–water partition coefficient (Wildman–Crippen LogP) is 3.35. The van der Waals surface area contributed by atoms with Crippen LogP contribution in [0.2, 0.25) is 0 Å². The van der Waals surface area contributed by atoms with Crippen LogP contribution in [0.1, 0.15) is 44.9 Å². The highest BCUT2D eigenvalue weighted by atomic mass is 32.2. The summed E-state index contributed by atoms with van der Waals surface area (Å²) in [6, 6.07) is 14.5. The number of hydrogen-bond donors (Lipinski definition) is 1. The van der Waals surface area contributed by atoms with Crippen LogP contribution in [0.3, 0.4) is 0 Å². The van der Waals surface area contributed by atoms with E-state index in [0.29, 0.717) is 24.5 Å². The van der Waals surface area contributed by atoms with Crippen LogP contribution in [0, 0.1) is 0 Å². The van der Waals surface area contributed by atoms with Crippen molar-refractivity contribution in [1.29, 1.82) is 0 Å². The van der Waals surface area contributed by atoms with E-state index in [-0.39, 0.29) is 18.0 Å². The highest BCUT2D eigenvalue weighted by Crippen LogP contribution is 2.28. The van der Waals surface area contributed by atoms with Crippen LogP contribution < -0.4 is 10.2 Å². The fourth-order valence-corrected chi connectivity index (χ4v) is 5.44. The van der Waals surface area contributed by atoms with Gasteiger partial charge in [-0.05, 0) is 49.6 Å². The fourth-order valence-electron chi connectivity index (χ4n) is 3.98.